The molecule has 2 amide bonds. The predicted octanol–water partition coefficient (Wildman–Crippen LogP) is 3.38. The zero-order valence-corrected chi connectivity index (χ0v) is 15.1. The van der Waals surface area contributed by atoms with Gasteiger partial charge in [-0.25, -0.2) is 0 Å². The lowest BCUT2D eigenvalue weighted by Crippen LogP contribution is -2.20. The van der Waals surface area contributed by atoms with Gasteiger partial charge in [-0.2, -0.15) is 0 Å². The first-order valence-electron chi connectivity index (χ1n) is 8.70. The zero-order valence-electron chi connectivity index (χ0n) is 15.1. The summed E-state index contributed by atoms with van der Waals surface area (Å²) < 4.78 is 11.0. The molecule has 0 aromatic heterocycles. The fraction of sp³-hybridized carbons (Fsp3) is 0.0909. The van der Waals surface area contributed by atoms with Crippen LogP contribution in [0.2, 0.25) is 0 Å². The molecule has 0 atom stereocenters. The Bertz CT molecular complexity index is 940. The van der Waals surface area contributed by atoms with E-state index in [1.807, 2.05) is 48.5 Å². The minimum atomic E-state index is -0.549. The summed E-state index contributed by atoms with van der Waals surface area (Å²) in [4.78, 5) is 23.4. The first kappa shape index (κ1) is 19.0. The van der Waals surface area contributed by atoms with Gasteiger partial charge in [-0.15, -0.1) is 0 Å². The molecule has 3 N–H and O–H groups in total. The minimum absolute atomic E-state index is 0.194. The van der Waals surface area contributed by atoms with Crippen LogP contribution in [0.3, 0.4) is 0 Å². The van der Waals surface area contributed by atoms with Crippen LogP contribution in [0.5, 0.6) is 11.5 Å². The van der Waals surface area contributed by atoms with Crippen LogP contribution in [-0.4, -0.2) is 18.4 Å². The van der Waals surface area contributed by atoms with E-state index >= 15 is 0 Å². The molecule has 0 saturated heterocycles. The summed E-state index contributed by atoms with van der Waals surface area (Å²) in [5.41, 5.74) is 6.97. The monoisotopic (exact) mass is 376 g/mol. The van der Waals surface area contributed by atoms with Crippen molar-refractivity contribution >= 4 is 17.5 Å². The Morgan fingerprint density at radius 1 is 0.786 bits per heavy atom. The smallest absolute Gasteiger partial charge is 0.256 e. The Kier molecular flexibility index (Phi) is 6.25. The van der Waals surface area contributed by atoms with E-state index < -0.39 is 5.91 Å². The van der Waals surface area contributed by atoms with Gasteiger partial charge < -0.3 is 20.5 Å². The third-order valence-electron chi connectivity index (χ3n) is 3.89. The molecule has 0 fully saturated rings. The van der Waals surface area contributed by atoms with E-state index in [2.05, 4.69) is 5.32 Å². The highest BCUT2D eigenvalue weighted by Crippen LogP contribution is 2.19. The van der Waals surface area contributed by atoms with Crippen molar-refractivity contribution < 1.29 is 19.1 Å². The number of ether oxygens (including phenoxy) is 2. The van der Waals surface area contributed by atoms with E-state index in [0.717, 1.165) is 11.3 Å². The van der Waals surface area contributed by atoms with Gasteiger partial charge in [-0.1, -0.05) is 36.4 Å². The summed E-state index contributed by atoms with van der Waals surface area (Å²) in [6, 6.07) is 23.4. The highest BCUT2D eigenvalue weighted by Gasteiger charge is 2.12. The second-order valence-electron chi connectivity index (χ2n) is 5.99. The van der Waals surface area contributed by atoms with E-state index in [-0.39, 0.29) is 19.1 Å². The SMILES string of the molecule is NC(=O)COc1ccc(NC(=O)c2ccccc2COc2ccccc2)cc1. The number of carbonyl (C=O) groups is 2. The van der Waals surface area contributed by atoms with Crippen LogP contribution in [0.15, 0.2) is 78.9 Å². The van der Waals surface area contributed by atoms with Crippen molar-refractivity contribution in [3.05, 3.63) is 90.0 Å². The fourth-order valence-corrected chi connectivity index (χ4v) is 2.53. The van der Waals surface area contributed by atoms with Gasteiger partial charge in [0, 0.05) is 16.8 Å². The van der Waals surface area contributed by atoms with E-state index in [4.69, 9.17) is 15.2 Å². The average Bonchev–Trinajstić information content (AvgIpc) is 2.72. The van der Waals surface area contributed by atoms with Gasteiger partial charge in [0.25, 0.3) is 11.8 Å². The summed E-state index contributed by atoms with van der Waals surface area (Å²) >= 11 is 0. The van der Waals surface area contributed by atoms with Crippen molar-refractivity contribution in [1.29, 1.82) is 0 Å². The zero-order chi connectivity index (χ0) is 19.8. The van der Waals surface area contributed by atoms with Gasteiger partial charge in [-0.3, -0.25) is 9.59 Å². The maximum absolute atomic E-state index is 12.7. The standard InChI is InChI=1S/C22H20N2O4/c23-21(25)15-28-19-12-10-17(11-13-19)24-22(26)20-9-5-4-6-16(20)14-27-18-7-2-1-3-8-18/h1-13H,14-15H2,(H2,23,25)(H,24,26). The summed E-state index contributed by atoms with van der Waals surface area (Å²) in [6.07, 6.45) is 0. The molecule has 6 heteroatoms. The Morgan fingerprint density at radius 3 is 2.14 bits per heavy atom. The molecule has 0 heterocycles. The first-order chi connectivity index (χ1) is 13.6. The summed E-state index contributed by atoms with van der Waals surface area (Å²) in [5, 5.41) is 2.85. The van der Waals surface area contributed by atoms with Crippen molar-refractivity contribution in [3.8, 4) is 11.5 Å². The number of nitrogens with one attached hydrogen (secondary N) is 1. The number of benzene rings is 3. The Labute approximate surface area is 162 Å². The molecule has 0 aliphatic carbocycles. The molecule has 0 bridgehead atoms. The van der Waals surface area contributed by atoms with Crippen molar-refractivity contribution in [3.63, 3.8) is 0 Å². The third-order valence-corrected chi connectivity index (χ3v) is 3.89. The molecule has 3 rings (SSSR count). The van der Waals surface area contributed by atoms with Crippen molar-refractivity contribution in [1.82, 2.24) is 0 Å². The second kappa shape index (κ2) is 9.23. The lowest BCUT2D eigenvalue weighted by Gasteiger charge is -2.12. The number of primary amides is 1. The number of hydrogen-bond donors (Lipinski definition) is 2. The number of amides is 2. The molecule has 3 aromatic rings. The number of nitrogens with two attached hydrogens (primary N) is 1. The molecule has 3 aromatic carbocycles. The van der Waals surface area contributed by atoms with E-state index in [1.165, 1.54) is 0 Å². The maximum Gasteiger partial charge on any atom is 0.256 e. The quantitative estimate of drug-likeness (QED) is 0.631. The van der Waals surface area contributed by atoms with Gasteiger partial charge >= 0.3 is 0 Å². The molecule has 0 aliphatic heterocycles. The van der Waals surface area contributed by atoms with Crippen LogP contribution in [0, 0.1) is 0 Å². The molecular formula is C22H20N2O4. The van der Waals surface area contributed by atoms with Gasteiger partial charge in [0.15, 0.2) is 6.61 Å². The predicted molar refractivity (Wildman–Crippen MR) is 106 cm³/mol. The topological polar surface area (TPSA) is 90.7 Å². The molecule has 0 aliphatic rings. The Balaban J connectivity index is 1.65. The lowest BCUT2D eigenvalue weighted by atomic mass is 10.1. The molecular weight excluding hydrogens is 356 g/mol. The molecule has 28 heavy (non-hydrogen) atoms. The minimum Gasteiger partial charge on any atom is -0.489 e. The second-order valence-corrected chi connectivity index (χ2v) is 5.99. The van der Waals surface area contributed by atoms with Crippen LogP contribution in [0.1, 0.15) is 15.9 Å². The lowest BCUT2D eigenvalue weighted by molar-refractivity contribution is -0.119. The molecule has 0 radical (unpaired) electrons. The van der Waals surface area contributed by atoms with Crippen molar-refractivity contribution in [2.45, 2.75) is 6.61 Å². The van der Waals surface area contributed by atoms with Crippen molar-refractivity contribution in [2.24, 2.45) is 5.73 Å². The molecule has 0 unspecified atom stereocenters. The molecule has 6 nitrogen and oxygen atoms in total. The summed E-state index contributed by atoms with van der Waals surface area (Å²) in [6.45, 7) is 0.0913. The maximum atomic E-state index is 12.7. The highest BCUT2D eigenvalue weighted by molar-refractivity contribution is 6.05. The van der Waals surface area contributed by atoms with Gasteiger partial charge in [0.2, 0.25) is 0 Å². The first-order valence-corrected chi connectivity index (χ1v) is 8.70. The van der Waals surface area contributed by atoms with Gasteiger partial charge in [-0.05, 0) is 42.5 Å². The summed E-state index contributed by atoms with van der Waals surface area (Å²) in [5.74, 6) is 0.447. The van der Waals surface area contributed by atoms with Crippen molar-refractivity contribution in [2.75, 3.05) is 11.9 Å². The highest BCUT2D eigenvalue weighted by atomic mass is 16.5. The third kappa shape index (κ3) is 5.35. The molecule has 0 saturated carbocycles. The van der Waals surface area contributed by atoms with Crippen LogP contribution in [0.4, 0.5) is 5.69 Å². The Hall–Kier alpha value is -3.80. The average molecular weight is 376 g/mol. The van der Waals surface area contributed by atoms with E-state index in [9.17, 15) is 9.59 Å². The molecule has 0 spiro atoms. The fourth-order valence-electron chi connectivity index (χ4n) is 2.53. The number of para-hydroxylation sites is 1. The molecule has 142 valence electrons. The van der Waals surface area contributed by atoms with Crippen LogP contribution in [0.25, 0.3) is 0 Å². The Morgan fingerprint density at radius 2 is 1.43 bits per heavy atom. The van der Waals surface area contributed by atoms with Crippen LogP contribution >= 0.6 is 0 Å². The van der Waals surface area contributed by atoms with Crippen LogP contribution < -0.4 is 20.5 Å². The van der Waals surface area contributed by atoms with E-state index in [1.54, 1.807) is 30.3 Å². The largest absolute Gasteiger partial charge is 0.489 e. The van der Waals surface area contributed by atoms with E-state index in [0.29, 0.717) is 17.0 Å². The normalized spacial score (nSPS) is 10.1. The van der Waals surface area contributed by atoms with Gasteiger partial charge in [0.1, 0.15) is 18.1 Å². The number of anilines is 1. The summed E-state index contributed by atoms with van der Waals surface area (Å²) in [7, 11) is 0. The van der Waals surface area contributed by atoms with Crippen LogP contribution in [-0.2, 0) is 11.4 Å². The van der Waals surface area contributed by atoms with Gasteiger partial charge in [0.05, 0.1) is 0 Å². The number of rotatable bonds is 8. The number of carbonyl (C=O) groups excluding carboxylic acids is 2. The number of hydrogen-bond acceptors (Lipinski definition) is 4.